The van der Waals surface area contributed by atoms with Crippen LogP contribution in [0.5, 0.6) is 0 Å². The molecule has 0 amide bonds. The summed E-state index contributed by atoms with van der Waals surface area (Å²) in [6, 6.07) is 8.68. The van der Waals surface area contributed by atoms with E-state index in [4.69, 9.17) is 0 Å². The third-order valence-electron chi connectivity index (χ3n) is 4.12. The molecule has 0 saturated heterocycles. The molecule has 0 fully saturated rings. The van der Waals surface area contributed by atoms with Crippen molar-refractivity contribution in [3.05, 3.63) is 35.4 Å². The lowest BCUT2D eigenvalue weighted by Gasteiger charge is -2.40. The first-order valence-corrected chi connectivity index (χ1v) is 7.47. The summed E-state index contributed by atoms with van der Waals surface area (Å²) in [5.74, 6) is -0.775. The summed E-state index contributed by atoms with van der Waals surface area (Å²) in [5, 5.41) is 9.47. The minimum atomic E-state index is -0.862. The summed E-state index contributed by atoms with van der Waals surface area (Å²) in [6.45, 7) is 10.5. The van der Waals surface area contributed by atoms with Crippen LogP contribution in [-0.4, -0.2) is 28.1 Å². The minimum absolute atomic E-state index is 0.136. The predicted molar refractivity (Wildman–Crippen MR) is 82.9 cm³/mol. The molecule has 0 aromatic heterocycles. The van der Waals surface area contributed by atoms with E-state index in [9.17, 15) is 9.90 Å². The van der Waals surface area contributed by atoms with Crippen molar-refractivity contribution in [2.24, 2.45) is 0 Å². The molecular weight excluding hydrogens is 250 g/mol. The lowest BCUT2D eigenvalue weighted by molar-refractivity contribution is -0.151. The highest BCUT2D eigenvalue weighted by atomic mass is 16.4. The third kappa shape index (κ3) is 3.40. The van der Waals surface area contributed by atoms with Crippen LogP contribution < -0.4 is 0 Å². The van der Waals surface area contributed by atoms with E-state index in [0.29, 0.717) is 6.54 Å². The normalized spacial score (nSPS) is 13.5. The minimum Gasteiger partial charge on any atom is -0.480 e. The molecule has 0 spiro atoms. The summed E-state index contributed by atoms with van der Waals surface area (Å²) in [5.41, 5.74) is 1.64. The molecule has 1 unspecified atom stereocenters. The molecule has 0 heterocycles. The molecule has 20 heavy (non-hydrogen) atoms. The van der Waals surface area contributed by atoms with Crippen LogP contribution in [0.4, 0.5) is 0 Å². The second kappa shape index (κ2) is 6.89. The molecule has 1 rings (SSSR count). The molecule has 0 aliphatic rings. The Morgan fingerprint density at radius 3 is 2.10 bits per heavy atom. The van der Waals surface area contributed by atoms with Gasteiger partial charge in [0, 0.05) is 6.04 Å². The Labute approximate surface area is 122 Å². The van der Waals surface area contributed by atoms with Crippen LogP contribution in [0, 0.1) is 0 Å². The van der Waals surface area contributed by atoms with Gasteiger partial charge in [-0.1, -0.05) is 45.0 Å². The fourth-order valence-corrected chi connectivity index (χ4v) is 2.74. The van der Waals surface area contributed by atoms with Gasteiger partial charge in [0.1, 0.15) is 5.54 Å². The first-order valence-electron chi connectivity index (χ1n) is 7.47. The van der Waals surface area contributed by atoms with E-state index in [2.05, 4.69) is 43.0 Å². The number of carbonyl (C=O) groups is 1. The van der Waals surface area contributed by atoms with Gasteiger partial charge in [0.15, 0.2) is 0 Å². The Morgan fingerprint density at radius 1 is 1.20 bits per heavy atom. The number of carboxylic acid groups (broad SMARTS) is 1. The number of hydrogen-bond acceptors (Lipinski definition) is 2. The summed E-state index contributed by atoms with van der Waals surface area (Å²) in [7, 11) is 0. The number of hydrogen-bond donors (Lipinski definition) is 1. The van der Waals surface area contributed by atoms with Crippen molar-refractivity contribution in [1.29, 1.82) is 0 Å². The molecule has 0 aliphatic carbocycles. The lowest BCUT2D eigenvalue weighted by Crippen LogP contribution is -2.51. The second-order valence-electron chi connectivity index (χ2n) is 5.67. The van der Waals surface area contributed by atoms with Crippen LogP contribution >= 0.6 is 0 Å². The van der Waals surface area contributed by atoms with Crippen molar-refractivity contribution in [3.8, 4) is 0 Å². The SMILES string of the molecule is CCc1ccc(C(CC)N(CC)C(C)(C)C(=O)O)cc1. The maximum absolute atomic E-state index is 11.5. The Bertz CT molecular complexity index is 437. The quantitative estimate of drug-likeness (QED) is 0.822. The van der Waals surface area contributed by atoms with Crippen LogP contribution in [0.2, 0.25) is 0 Å². The molecule has 1 aromatic carbocycles. The summed E-state index contributed by atoms with van der Waals surface area (Å²) in [6.07, 6.45) is 1.92. The maximum atomic E-state index is 11.5. The number of benzene rings is 1. The molecular formula is C17H27NO2. The summed E-state index contributed by atoms with van der Waals surface area (Å²) >= 11 is 0. The number of aryl methyl sites for hydroxylation is 1. The fraction of sp³-hybridized carbons (Fsp3) is 0.588. The van der Waals surface area contributed by atoms with E-state index in [-0.39, 0.29) is 6.04 Å². The standard InChI is InChI=1S/C17H27NO2/c1-6-13-9-11-14(12-10-13)15(7-2)18(8-3)17(4,5)16(19)20/h9-12,15H,6-8H2,1-5H3,(H,19,20). The van der Waals surface area contributed by atoms with E-state index in [1.54, 1.807) is 13.8 Å². The predicted octanol–water partition coefficient (Wildman–Crippen LogP) is 3.89. The third-order valence-corrected chi connectivity index (χ3v) is 4.12. The molecule has 3 nitrogen and oxygen atoms in total. The van der Waals surface area contributed by atoms with Crippen LogP contribution in [0.3, 0.4) is 0 Å². The first-order chi connectivity index (χ1) is 9.38. The van der Waals surface area contributed by atoms with Gasteiger partial charge in [-0.2, -0.15) is 0 Å². The second-order valence-corrected chi connectivity index (χ2v) is 5.67. The Hall–Kier alpha value is -1.35. The van der Waals surface area contributed by atoms with Gasteiger partial charge in [-0.15, -0.1) is 0 Å². The zero-order valence-electron chi connectivity index (χ0n) is 13.3. The van der Waals surface area contributed by atoms with Gasteiger partial charge in [-0.3, -0.25) is 9.69 Å². The molecule has 3 heteroatoms. The van der Waals surface area contributed by atoms with Crippen molar-refractivity contribution in [3.63, 3.8) is 0 Å². The highest BCUT2D eigenvalue weighted by Gasteiger charge is 2.37. The van der Waals surface area contributed by atoms with Gasteiger partial charge in [-0.25, -0.2) is 0 Å². The van der Waals surface area contributed by atoms with Gasteiger partial charge in [0.25, 0.3) is 0 Å². The van der Waals surface area contributed by atoms with Crippen LogP contribution in [0.25, 0.3) is 0 Å². The molecule has 0 saturated carbocycles. The smallest absolute Gasteiger partial charge is 0.323 e. The zero-order chi connectivity index (χ0) is 15.3. The summed E-state index contributed by atoms with van der Waals surface area (Å²) in [4.78, 5) is 13.6. The average molecular weight is 277 g/mol. The molecule has 0 radical (unpaired) electrons. The van der Waals surface area contributed by atoms with Gasteiger partial charge >= 0.3 is 5.97 Å². The van der Waals surface area contributed by atoms with Crippen molar-refractivity contribution in [2.75, 3.05) is 6.54 Å². The number of carboxylic acids is 1. The monoisotopic (exact) mass is 277 g/mol. The van der Waals surface area contributed by atoms with Crippen molar-refractivity contribution in [1.82, 2.24) is 4.90 Å². The number of likely N-dealkylation sites (N-methyl/N-ethyl adjacent to an activating group) is 1. The van der Waals surface area contributed by atoms with Gasteiger partial charge in [-0.05, 0) is 44.4 Å². The molecule has 1 aromatic rings. The van der Waals surface area contributed by atoms with Crippen LogP contribution in [0.15, 0.2) is 24.3 Å². The van der Waals surface area contributed by atoms with E-state index < -0.39 is 11.5 Å². The molecule has 1 atom stereocenters. The molecule has 0 aliphatic heterocycles. The van der Waals surface area contributed by atoms with Crippen molar-refractivity contribution >= 4 is 5.97 Å². The first kappa shape index (κ1) is 16.7. The van der Waals surface area contributed by atoms with E-state index in [1.807, 2.05) is 6.92 Å². The highest BCUT2D eigenvalue weighted by Crippen LogP contribution is 2.31. The number of aliphatic carboxylic acids is 1. The van der Waals surface area contributed by atoms with E-state index in [1.165, 1.54) is 11.1 Å². The Balaban J connectivity index is 3.11. The molecule has 1 N–H and O–H groups in total. The van der Waals surface area contributed by atoms with Crippen molar-refractivity contribution < 1.29 is 9.90 Å². The Kier molecular flexibility index (Phi) is 5.75. The number of nitrogens with zero attached hydrogens (tertiary/aromatic N) is 1. The van der Waals surface area contributed by atoms with Gasteiger partial charge in [0.05, 0.1) is 0 Å². The van der Waals surface area contributed by atoms with E-state index in [0.717, 1.165) is 12.8 Å². The molecule has 0 bridgehead atoms. The fourth-order valence-electron chi connectivity index (χ4n) is 2.74. The lowest BCUT2D eigenvalue weighted by atomic mass is 9.94. The zero-order valence-corrected chi connectivity index (χ0v) is 13.3. The van der Waals surface area contributed by atoms with Gasteiger partial charge in [0.2, 0.25) is 0 Å². The number of rotatable bonds is 7. The maximum Gasteiger partial charge on any atom is 0.323 e. The van der Waals surface area contributed by atoms with Gasteiger partial charge < -0.3 is 5.11 Å². The molecule has 112 valence electrons. The topological polar surface area (TPSA) is 40.5 Å². The Morgan fingerprint density at radius 2 is 1.75 bits per heavy atom. The average Bonchev–Trinajstić information content (AvgIpc) is 2.44. The van der Waals surface area contributed by atoms with Crippen molar-refractivity contribution in [2.45, 2.75) is 59.0 Å². The summed E-state index contributed by atoms with van der Waals surface area (Å²) < 4.78 is 0. The van der Waals surface area contributed by atoms with E-state index >= 15 is 0 Å². The largest absolute Gasteiger partial charge is 0.480 e. The highest BCUT2D eigenvalue weighted by molar-refractivity contribution is 5.77. The van der Waals surface area contributed by atoms with Crippen LogP contribution in [-0.2, 0) is 11.2 Å². The van der Waals surface area contributed by atoms with Crippen LogP contribution in [0.1, 0.15) is 58.2 Å².